The first kappa shape index (κ1) is 7.96. The van der Waals surface area contributed by atoms with Crippen molar-refractivity contribution in [3.63, 3.8) is 0 Å². The second kappa shape index (κ2) is 3.89. The fourth-order valence-electron chi connectivity index (χ4n) is 0.745. The minimum Gasteiger partial charge on any atom is -0.156 e. The zero-order valence-electron chi connectivity index (χ0n) is 5.51. The van der Waals surface area contributed by atoms with Gasteiger partial charge in [0.2, 0.25) is 0 Å². The second-order valence-electron chi connectivity index (χ2n) is 1.98. The average molecular weight is 172 g/mol. The Hall–Kier alpha value is -0.140. The Bertz CT molecular complexity index is 210. The van der Waals surface area contributed by atoms with Crippen LogP contribution in [0.2, 0.25) is 5.02 Å². The predicted octanol–water partition coefficient (Wildman–Crippen LogP) is 3.36. The van der Waals surface area contributed by atoms with Crippen molar-refractivity contribution in [2.24, 2.45) is 0 Å². The number of benzene rings is 1. The Morgan fingerprint density at radius 3 is 2.90 bits per heavy atom. The molecule has 1 radical (unpaired) electrons. The van der Waals surface area contributed by atoms with Gasteiger partial charge in [0.25, 0.3) is 0 Å². The molecule has 0 aliphatic heterocycles. The highest BCUT2D eigenvalue weighted by molar-refractivity contribution is 7.99. The highest BCUT2D eigenvalue weighted by atomic mass is 35.5. The van der Waals surface area contributed by atoms with Crippen LogP contribution < -0.4 is 0 Å². The van der Waals surface area contributed by atoms with Crippen LogP contribution in [0, 0.1) is 6.26 Å². The molecule has 0 amide bonds. The first-order valence-electron chi connectivity index (χ1n) is 2.94. The maximum atomic E-state index is 5.75. The third-order valence-corrected chi connectivity index (χ3v) is 1.93. The van der Waals surface area contributed by atoms with E-state index in [-0.39, 0.29) is 0 Å². The summed E-state index contributed by atoms with van der Waals surface area (Å²) in [6.07, 6.45) is 3.68. The molecule has 10 heavy (non-hydrogen) atoms. The zero-order valence-corrected chi connectivity index (χ0v) is 7.08. The molecule has 0 heterocycles. The molecule has 0 bridgehead atoms. The van der Waals surface area contributed by atoms with Crippen molar-refractivity contribution < 1.29 is 0 Å². The van der Waals surface area contributed by atoms with Crippen LogP contribution in [0.3, 0.4) is 0 Å². The highest BCUT2D eigenvalue weighted by Crippen LogP contribution is 2.14. The van der Waals surface area contributed by atoms with Crippen LogP contribution >= 0.6 is 23.4 Å². The van der Waals surface area contributed by atoms with Gasteiger partial charge in [0.1, 0.15) is 0 Å². The average Bonchev–Trinajstić information content (AvgIpc) is 1.88. The van der Waals surface area contributed by atoms with E-state index in [4.69, 9.17) is 11.6 Å². The molecule has 0 saturated carbocycles. The Morgan fingerprint density at radius 2 is 2.30 bits per heavy atom. The topological polar surface area (TPSA) is 0 Å². The van der Waals surface area contributed by atoms with Gasteiger partial charge in [0.15, 0.2) is 0 Å². The summed E-state index contributed by atoms with van der Waals surface area (Å²) in [4.78, 5) is 0. The summed E-state index contributed by atoms with van der Waals surface area (Å²) in [6, 6.07) is 7.83. The lowest BCUT2D eigenvalue weighted by atomic mass is 10.2. The fourth-order valence-corrected chi connectivity index (χ4v) is 1.37. The van der Waals surface area contributed by atoms with Crippen LogP contribution in [-0.4, -0.2) is 0 Å². The summed E-state index contributed by atoms with van der Waals surface area (Å²) in [5, 5.41) is 0.798. The molecule has 0 atom stereocenters. The van der Waals surface area contributed by atoms with E-state index in [2.05, 4.69) is 6.26 Å². The Balaban J connectivity index is 2.75. The first-order chi connectivity index (χ1) is 4.83. The monoisotopic (exact) mass is 171 g/mol. The smallest absolute Gasteiger partial charge is 0.0409 e. The van der Waals surface area contributed by atoms with E-state index in [1.54, 1.807) is 11.8 Å². The van der Waals surface area contributed by atoms with Crippen LogP contribution in [-0.2, 0) is 5.75 Å². The van der Waals surface area contributed by atoms with Gasteiger partial charge in [-0.2, -0.15) is 11.8 Å². The van der Waals surface area contributed by atoms with Crippen molar-refractivity contribution in [3.8, 4) is 0 Å². The molecule has 1 rings (SSSR count). The molecular formula is C8H8ClS. The summed E-state index contributed by atoms with van der Waals surface area (Å²) in [7, 11) is 0. The van der Waals surface area contributed by atoms with Gasteiger partial charge >= 0.3 is 0 Å². The van der Waals surface area contributed by atoms with Gasteiger partial charge in [-0.15, -0.1) is 0 Å². The van der Waals surface area contributed by atoms with Gasteiger partial charge in [-0.1, -0.05) is 23.7 Å². The van der Waals surface area contributed by atoms with Gasteiger partial charge in [0.05, 0.1) is 0 Å². The Labute approximate surface area is 70.6 Å². The van der Waals surface area contributed by atoms with Crippen molar-refractivity contribution in [2.75, 3.05) is 0 Å². The maximum Gasteiger partial charge on any atom is 0.0409 e. The number of thioether (sulfide) groups is 1. The van der Waals surface area contributed by atoms with Gasteiger partial charge < -0.3 is 0 Å². The van der Waals surface area contributed by atoms with Crippen molar-refractivity contribution in [2.45, 2.75) is 5.75 Å². The fraction of sp³-hybridized carbons (Fsp3) is 0.125. The van der Waals surface area contributed by atoms with Crippen molar-refractivity contribution >= 4 is 23.4 Å². The molecule has 0 saturated heterocycles. The SMILES string of the molecule is [CH2]SCc1cccc(Cl)c1. The molecule has 53 valence electrons. The molecule has 0 unspecified atom stereocenters. The molecular weight excluding hydrogens is 164 g/mol. The molecule has 0 fully saturated rings. The molecule has 0 aliphatic rings. The van der Waals surface area contributed by atoms with Crippen LogP contribution in [0.15, 0.2) is 24.3 Å². The van der Waals surface area contributed by atoms with Gasteiger partial charge in [-0.3, -0.25) is 0 Å². The minimum atomic E-state index is 0.798. The maximum absolute atomic E-state index is 5.75. The summed E-state index contributed by atoms with van der Waals surface area (Å²) in [6.45, 7) is 0. The molecule has 2 heteroatoms. The van der Waals surface area contributed by atoms with E-state index in [0.717, 1.165) is 10.8 Å². The van der Waals surface area contributed by atoms with Crippen LogP contribution in [0.5, 0.6) is 0 Å². The lowest BCUT2D eigenvalue weighted by molar-refractivity contribution is 1.42. The van der Waals surface area contributed by atoms with Crippen molar-refractivity contribution in [3.05, 3.63) is 41.1 Å². The van der Waals surface area contributed by atoms with Gasteiger partial charge in [0, 0.05) is 17.0 Å². The lowest BCUT2D eigenvalue weighted by Crippen LogP contribution is -1.76. The molecule has 0 spiro atoms. The third kappa shape index (κ3) is 2.24. The predicted molar refractivity (Wildman–Crippen MR) is 48.1 cm³/mol. The summed E-state index contributed by atoms with van der Waals surface area (Å²) >= 11 is 7.31. The van der Waals surface area contributed by atoms with Crippen LogP contribution in [0.1, 0.15) is 5.56 Å². The zero-order chi connectivity index (χ0) is 7.40. The molecule has 1 aromatic carbocycles. The molecule has 0 aromatic heterocycles. The van der Waals surface area contributed by atoms with E-state index < -0.39 is 0 Å². The molecule has 1 aromatic rings. The number of hydrogen-bond acceptors (Lipinski definition) is 1. The molecule has 0 N–H and O–H groups in total. The van der Waals surface area contributed by atoms with E-state index in [9.17, 15) is 0 Å². The Kier molecular flexibility index (Phi) is 3.10. The van der Waals surface area contributed by atoms with Crippen LogP contribution in [0.25, 0.3) is 0 Å². The number of halogens is 1. The third-order valence-electron chi connectivity index (χ3n) is 1.16. The van der Waals surface area contributed by atoms with E-state index in [0.29, 0.717) is 0 Å². The van der Waals surface area contributed by atoms with Crippen molar-refractivity contribution in [1.82, 2.24) is 0 Å². The number of rotatable bonds is 2. The second-order valence-corrected chi connectivity index (χ2v) is 3.11. The molecule has 0 nitrogen and oxygen atoms in total. The highest BCUT2D eigenvalue weighted by Gasteiger charge is 1.90. The van der Waals surface area contributed by atoms with Crippen LogP contribution in [0.4, 0.5) is 0 Å². The normalized spacial score (nSPS) is 9.80. The summed E-state index contributed by atoms with van der Waals surface area (Å²) in [5.74, 6) is 0.931. The quantitative estimate of drug-likeness (QED) is 0.658. The van der Waals surface area contributed by atoms with Crippen molar-refractivity contribution in [1.29, 1.82) is 0 Å². The minimum absolute atomic E-state index is 0.798. The van der Waals surface area contributed by atoms with Gasteiger partial charge in [-0.05, 0) is 17.7 Å². The number of hydrogen-bond donors (Lipinski definition) is 0. The summed E-state index contributed by atoms with van der Waals surface area (Å²) < 4.78 is 0. The Morgan fingerprint density at radius 1 is 1.50 bits per heavy atom. The standard InChI is InChI=1S/C8H8ClS/c1-10-6-7-3-2-4-8(9)5-7/h2-5H,1,6H2. The lowest BCUT2D eigenvalue weighted by Gasteiger charge is -1.96. The van der Waals surface area contributed by atoms with E-state index in [1.807, 2.05) is 24.3 Å². The van der Waals surface area contributed by atoms with Gasteiger partial charge in [-0.25, -0.2) is 0 Å². The van der Waals surface area contributed by atoms with E-state index in [1.165, 1.54) is 5.56 Å². The first-order valence-corrected chi connectivity index (χ1v) is 4.47. The van der Waals surface area contributed by atoms with E-state index >= 15 is 0 Å². The summed E-state index contributed by atoms with van der Waals surface area (Å²) in [5.41, 5.74) is 1.23. The molecule has 0 aliphatic carbocycles. The largest absolute Gasteiger partial charge is 0.156 e.